The van der Waals surface area contributed by atoms with Crippen LogP contribution < -0.4 is 10.1 Å². The molecule has 2 bridgehead atoms. The number of rotatable bonds is 4. The van der Waals surface area contributed by atoms with Crippen molar-refractivity contribution >= 4 is 11.7 Å². The molecule has 1 N–H and O–H groups in total. The minimum atomic E-state index is 0.128. The van der Waals surface area contributed by atoms with Crippen LogP contribution in [-0.2, 0) is 0 Å². The van der Waals surface area contributed by atoms with Gasteiger partial charge in [0, 0.05) is 37.3 Å². The Labute approximate surface area is 171 Å². The molecule has 0 spiro atoms. The van der Waals surface area contributed by atoms with E-state index in [0.717, 1.165) is 36.8 Å². The number of aromatic nitrogens is 1. The van der Waals surface area contributed by atoms with Crippen molar-refractivity contribution in [3.05, 3.63) is 53.7 Å². The van der Waals surface area contributed by atoms with E-state index < -0.39 is 0 Å². The lowest BCUT2D eigenvalue weighted by atomic mass is 9.75. The molecular formula is C23H28N4O2. The largest absolute Gasteiger partial charge is 0.497 e. The van der Waals surface area contributed by atoms with Gasteiger partial charge in [-0.25, -0.2) is 4.98 Å². The van der Waals surface area contributed by atoms with E-state index in [1.165, 1.54) is 18.4 Å². The van der Waals surface area contributed by atoms with Crippen LogP contribution >= 0.6 is 0 Å². The molecule has 1 aromatic heterocycles. The van der Waals surface area contributed by atoms with E-state index >= 15 is 0 Å². The number of benzene rings is 1. The number of amides is 1. The van der Waals surface area contributed by atoms with E-state index in [2.05, 4.69) is 32.2 Å². The molecule has 2 aromatic rings. The fourth-order valence-corrected chi connectivity index (χ4v) is 5.67. The lowest BCUT2D eigenvalue weighted by molar-refractivity contribution is -0.00340. The first-order valence-corrected chi connectivity index (χ1v) is 10.5. The zero-order valence-corrected chi connectivity index (χ0v) is 17.0. The lowest BCUT2D eigenvalue weighted by Gasteiger charge is -2.51. The Morgan fingerprint density at radius 3 is 2.59 bits per heavy atom. The van der Waals surface area contributed by atoms with Gasteiger partial charge in [-0.05, 0) is 61.7 Å². The van der Waals surface area contributed by atoms with E-state index in [4.69, 9.17) is 4.74 Å². The molecule has 4 saturated heterocycles. The molecule has 6 heteroatoms. The van der Waals surface area contributed by atoms with Crippen molar-refractivity contribution in [1.82, 2.24) is 14.8 Å². The highest BCUT2D eigenvalue weighted by Crippen LogP contribution is 2.47. The normalized spacial score (nSPS) is 30.1. The fraction of sp³-hybridized carbons (Fsp3) is 0.478. The van der Waals surface area contributed by atoms with Crippen LogP contribution in [0.25, 0.3) is 0 Å². The lowest BCUT2D eigenvalue weighted by Crippen LogP contribution is -2.60. The molecule has 4 aliphatic rings. The first kappa shape index (κ1) is 18.4. The summed E-state index contributed by atoms with van der Waals surface area (Å²) in [5, 5.41) is 3.04. The number of piperidine rings is 3. The van der Waals surface area contributed by atoms with E-state index in [1.54, 1.807) is 13.3 Å². The standard InChI is InChI=1S/C23H28N4O2/c1-24-20-13-17(7-10-25-20)23(28)27-14-19(15-3-5-18(29-2)6-4-15)22-21(27)16-8-11-26(22)12-9-16/h3-7,10,13,16,19,21-22H,8-9,11-12,14H2,1-2H3,(H,24,25)/t19-,21+,22+/m0/s1. The molecule has 1 amide bonds. The molecule has 152 valence electrons. The first-order valence-electron chi connectivity index (χ1n) is 10.5. The maximum absolute atomic E-state index is 13.6. The monoisotopic (exact) mass is 392 g/mol. The number of anilines is 1. The summed E-state index contributed by atoms with van der Waals surface area (Å²) in [5.41, 5.74) is 2.02. The predicted molar refractivity (Wildman–Crippen MR) is 112 cm³/mol. The molecule has 3 atom stereocenters. The van der Waals surface area contributed by atoms with Gasteiger partial charge < -0.3 is 15.0 Å². The second-order valence-corrected chi connectivity index (χ2v) is 8.37. The smallest absolute Gasteiger partial charge is 0.254 e. The maximum atomic E-state index is 13.6. The van der Waals surface area contributed by atoms with Crippen LogP contribution in [0.2, 0.25) is 0 Å². The number of methoxy groups -OCH3 is 1. The minimum absolute atomic E-state index is 0.128. The van der Waals surface area contributed by atoms with E-state index in [9.17, 15) is 4.79 Å². The zero-order chi connectivity index (χ0) is 20.0. The highest BCUT2D eigenvalue weighted by molar-refractivity contribution is 5.95. The maximum Gasteiger partial charge on any atom is 0.254 e. The number of pyridine rings is 1. The van der Waals surface area contributed by atoms with Crippen LogP contribution in [0, 0.1) is 5.92 Å². The Hall–Kier alpha value is -2.60. The highest BCUT2D eigenvalue weighted by Gasteiger charge is 2.54. The van der Waals surface area contributed by atoms with Gasteiger partial charge in [-0.3, -0.25) is 9.69 Å². The van der Waals surface area contributed by atoms with Gasteiger partial charge >= 0.3 is 0 Å². The van der Waals surface area contributed by atoms with E-state index in [-0.39, 0.29) is 5.91 Å². The topological polar surface area (TPSA) is 57.7 Å². The SMILES string of the molecule is CNc1cc(C(=O)N2C[C@@H](c3ccc(OC)cc3)[C@@H]3[C@H]2C2CCN3CC2)ccn1. The Balaban J connectivity index is 1.49. The average Bonchev–Trinajstić information content (AvgIpc) is 3.22. The Kier molecular flexibility index (Phi) is 4.66. The van der Waals surface area contributed by atoms with Gasteiger partial charge in [0.1, 0.15) is 11.6 Å². The van der Waals surface area contributed by atoms with Crippen LogP contribution in [0.5, 0.6) is 5.75 Å². The summed E-state index contributed by atoms with van der Waals surface area (Å²) in [7, 11) is 3.52. The van der Waals surface area contributed by atoms with Crippen LogP contribution in [0.1, 0.15) is 34.7 Å². The summed E-state index contributed by atoms with van der Waals surface area (Å²) in [6.07, 6.45) is 4.10. The number of hydrogen-bond acceptors (Lipinski definition) is 5. The number of nitrogens with zero attached hydrogens (tertiary/aromatic N) is 3. The van der Waals surface area contributed by atoms with Gasteiger partial charge in [0.05, 0.1) is 13.2 Å². The second-order valence-electron chi connectivity index (χ2n) is 8.37. The fourth-order valence-electron chi connectivity index (χ4n) is 5.67. The predicted octanol–water partition coefficient (Wildman–Crippen LogP) is 2.83. The third-order valence-corrected chi connectivity index (χ3v) is 7.06. The summed E-state index contributed by atoms with van der Waals surface area (Å²) in [6, 6.07) is 12.8. The molecule has 0 unspecified atom stereocenters. The van der Waals surface area contributed by atoms with Crippen molar-refractivity contribution < 1.29 is 9.53 Å². The van der Waals surface area contributed by atoms with Crippen LogP contribution in [-0.4, -0.2) is 66.6 Å². The number of hydrogen-bond donors (Lipinski definition) is 1. The van der Waals surface area contributed by atoms with E-state index in [0.29, 0.717) is 23.9 Å². The third-order valence-electron chi connectivity index (χ3n) is 7.06. The van der Waals surface area contributed by atoms with Gasteiger partial charge in [-0.2, -0.15) is 0 Å². The average molecular weight is 393 g/mol. The highest BCUT2D eigenvalue weighted by atomic mass is 16.5. The molecule has 6 rings (SSSR count). The summed E-state index contributed by atoms with van der Waals surface area (Å²) in [6.45, 7) is 3.07. The van der Waals surface area contributed by atoms with Gasteiger partial charge in [0.2, 0.25) is 0 Å². The second kappa shape index (κ2) is 7.34. The Bertz CT molecular complexity index is 892. The van der Waals surface area contributed by atoms with Crippen LogP contribution in [0.4, 0.5) is 5.82 Å². The number of fused-ring (bicyclic) bond motifs is 2. The minimum Gasteiger partial charge on any atom is -0.497 e. The van der Waals surface area contributed by atoms with Crippen molar-refractivity contribution in [1.29, 1.82) is 0 Å². The number of ether oxygens (including phenoxy) is 1. The Morgan fingerprint density at radius 1 is 1.14 bits per heavy atom. The van der Waals surface area contributed by atoms with Crippen molar-refractivity contribution in [3.8, 4) is 5.75 Å². The zero-order valence-electron chi connectivity index (χ0n) is 17.0. The van der Waals surface area contributed by atoms with Crippen molar-refractivity contribution in [2.24, 2.45) is 5.92 Å². The summed E-state index contributed by atoms with van der Waals surface area (Å²) >= 11 is 0. The quantitative estimate of drug-likeness (QED) is 0.867. The van der Waals surface area contributed by atoms with Gasteiger partial charge in [-0.1, -0.05) is 12.1 Å². The molecule has 29 heavy (non-hydrogen) atoms. The molecule has 4 aliphatic heterocycles. The summed E-state index contributed by atoms with van der Waals surface area (Å²) in [4.78, 5) is 22.6. The third kappa shape index (κ3) is 3.06. The van der Waals surface area contributed by atoms with E-state index in [1.807, 2.05) is 31.3 Å². The van der Waals surface area contributed by atoms with Gasteiger partial charge in [0.15, 0.2) is 0 Å². The van der Waals surface area contributed by atoms with Gasteiger partial charge in [0.25, 0.3) is 5.91 Å². The number of carbonyl (C=O) groups excluding carboxylic acids is 1. The van der Waals surface area contributed by atoms with Crippen LogP contribution in [0.15, 0.2) is 42.6 Å². The summed E-state index contributed by atoms with van der Waals surface area (Å²) in [5.74, 6) is 2.67. The van der Waals surface area contributed by atoms with Crippen molar-refractivity contribution in [3.63, 3.8) is 0 Å². The van der Waals surface area contributed by atoms with Gasteiger partial charge in [-0.15, -0.1) is 0 Å². The molecule has 6 nitrogen and oxygen atoms in total. The molecule has 1 aromatic carbocycles. The molecular weight excluding hydrogens is 364 g/mol. The molecule has 0 radical (unpaired) electrons. The number of carbonyl (C=O) groups is 1. The number of likely N-dealkylation sites (tertiary alicyclic amines) is 1. The van der Waals surface area contributed by atoms with Crippen molar-refractivity contribution in [2.75, 3.05) is 39.1 Å². The number of nitrogens with one attached hydrogen (secondary N) is 1. The van der Waals surface area contributed by atoms with Crippen molar-refractivity contribution in [2.45, 2.75) is 30.8 Å². The summed E-state index contributed by atoms with van der Waals surface area (Å²) < 4.78 is 5.34. The molecule has 0 aliphatic carbocycles. The molecule has 5 heterocycles. The van der Waals surface area contributed by atoms with Crippen LogP contribution in [0.3, 0.4) is 0 Å². The first-order chi connectivity index (χ1) is 14.2. The molecule has 4 fully saturated rings. The Morgan fingerprint density at radius 2 is 1.90 bits per heavy atom. The molecule has 0 saturated carbocycles.